The van der Waals surface area contributed by atoms with Crippen molar-refractivity contribution in [1.82, 2.24) is 14.9 Å². The van der Waals surface area contributed by atoms with Gasteiger partial charge in [0.25, 0.3) is 5.91 Å². The Morgan fingerprint density at radius 1 is 1.42 bits per heavy atom. The number of aromatic amines is 1. The van der Waals surface area contributed by atoms with E-state index < -0.39 is 5.91 Å². The Balaban J connectivity index is 2.25. The van der Waals surface area contributed by atoms with Gasteiger partial charge in [0.05, 0.1) is 12.8 Å². The predicted octanol–water partition coefficient (Wildman–Crippen LogP) is 1.65. The maximum absolute atomic E-state index is 10.8. The van der Waals surface area contributed by atoms with Crippen LogP contribution in [-0.2, 0) is 11.2 Å². The van der Waals surface area contributed by atoms with Crippen molar-refractivity contribution in [2.75, 3.05) is 13.2 Å². The monoisotopic (exact) mass is 349 g/mol. The number of amides is 1. The van der Waals surface area contributed by atoms with Gasteiger partial charge in [0, 0.05) is 6.42 Å². The number of hydrogen-bond donors (Lipinski definition) is 2. The summed E-state index contributed by atoms with van der Waals surface area (Å²) in [6.07, 6.45) is 2.35. The SMILES string of the molecule is CCOc1cc(/C=N\n2c(CC)n[nH]c2=S)ccc1OCC(N)=O. The van der Waals surface area contributed by atoms with Gasteiger partial charge in [-0.3, -0.25) is 9.89 Å². The molecule has 0 spiro atoms. The molecule has 24 heavy (non-hydrogen) atoms. The van der Waals surface area contributed by atoms with Crippen LogP contribution in [0.25, 0.3) is 0 Å². The van der Waals surface area contributed by atoms with Crippen molar-refractivity contribution in [3.8, 4) is 11.5 Å². The Labute approximate surface area is 144 Å². The van der Waals surface area contributed by atoms with Crippen LogP contribution in [0.2, 0.25) is 0 Å². The van der Waals surface area contributed by atoms with Crippen LogP contribution in [0.1, 0.15) is 25.2 Å². The minimum absolute atomic E-state index is 0.211. The molecule has 0 aliphatic carbocycles. The summed E-state index contributed by atoms with van der Waals surface area (Å²) in [5.74, 6) is 1.14. The third-order valence-corrected chi connectivity index (χ3v) is 3.26. The van der Waals surface area contributed by atoms with Gasteiger partial charge in [-0.25, -0.2) is 0 Å². The Morgan fingerprint density at radius 2 is 2.21 bits per heavy atom. The lowest BCUT2D eigenvalue weighted by molar-refractivity contribution is -0.119. The number of primary amides is 1. The van der Waals surface area contributed by atoms with Crippen LogP contribution in [0.4, 0.5) is 0 Å². The van der Waals surface area contributed by atoms with Gasteiger partial charge in [0.1, 0.15) is 0 Å². The van der Waals surface area contributed by atoms with E-state index in [1.54, 1.807) is 29.1 Å². The second-order valence-corrected chi connectivity index (χ2v) is 5.14. The van der Waals surface area contributed by atoms with Crippen LogP contribution in [0.3, 0.4) is 0 Å². The van der Waals surface area contributed by atoms with E-state index in [-0.39, 0.29) is 6.61 Å². The Hall–Kier alpha value is -2.68. The molecule has 2 aromatic rings. The minimum atomic E-state index is -0.551. The molecular weight excluding hydrogens is 330 g/mol. The van der Waals surface area contributed by atoms with E-state index in [1.807, 2.05) is 13.8 Å². The van der Waals surface area contributed by atoms with Crippen LogP contribution in [0.5, 0.6) is 11.5 Å². The molecule has 3 N–H and O–H groups in total. The number of nitrogens with one attached hydrogen (secondary N) is 1. The van der Waals surface area contributed by atoms with Crippen molar-refractivity contribution in [1.29, 1.82) is 0 Å². The zero-order valence-electron chi connectivity index (χ0n) is 13.5. The molecule has 8 nitrogen and oxygen atoms in total. The van der Waals surface area contributed by atoms with Gasteiger partial charge in [-0.1, -0.05) is 6.92 Å². The summed E-state index contributed by atoms with van der Waals surface area (Å²) in [7, 11) is 0. The fourth-order valence-electron chi connectivity index (χ4n) is 1.94. The number of nitrogens with zero attached hydrogens (tertiary/aromatic N) is 3. The third kappa shape index (κ3) is 4.42. The maximum Gasteiger partial charge on any atom is 0.255 e. The van der Waals surface area contributed by atoms with Crippen LogP contribution in [-0.4, -0.2) is 40.2 Å². The smallest absolute Gasteiger partial charge is 0.255 e. The summed E-state index contributed by atoms with van der Waals surface area (Å²) in [6.45, 7) is 4.07. The summed E-state index contributed by atoms with van der Waals surface area (Å²) < 4.78 is 12.9. The molecule has 0 unspecified atom stereocenters. The molecule has 0 saturated carbocycles. The van der Waals surface area contributed by atoms with Crippen molar-refractivity contribution in [3.63, 3.8) is 0 Å². The van der Waals surface area contributed by atoms with Gasteiger partial charge in [0.2, 0.25) is 4.77 Å². The number of aromatic nitrogens is 3. The molecule has 0 fully saturated rings. The van der Waals surface area contributed by atoms with Gasteiger partial charge in [-0.05, 0) is 42.9 Å². The first-order valence-corrected chi connectivity index (χ1v) is 7.84. The van der Waals surface area contributed by atoms with E-state index in [4.69, 9.17) is 27.4 Å². The first-order chi connectivity index (χ1) is 11.5. The molecular formula is C15H19N5O3S. The van der Waals surface area contributed by atoms with Gasteiger partial charge < -0.3 is 15.2 Å². The highest BCUT2D eigenvalue weighted by Gasteiger charge is 2.08. The number of hydrogen-bond acceptors (Lipinski definition) is 6. The number of rotatable bonds is 8. The molecule has 1 amide bonds. The maximum atomic E-state index is 10.8. The largest absolute Gasteiger partial charge is 0.490 e. The van der Waals surface area contributed by atoms with E-state index in [9.17, 15) is 4.79 Å². The quantitative estimate of drug-likeness (QED) is 0.556. The minimum Gasteiger partial charge on any atom is -0.490 e. The first kappa shape index (κ1) is 17.7. The normalized spacial score (nSPS) is 10.9. The summed E-state index contributed by atoms with van der Waals surface area (Å²) in [6, 6.07) is 5.25. The molecule has 128 valence electrons. The summed E-state index contributed by atoms with van der Waals surface area (Å²) in [4.78, 5) is 10.8. The van der Waals surface area contributed by atoms with Gasteiger partial charge >= 0.3 is 0 Å². The second-order valence-electron chi connectivity index (χ2n) is 4.75. The van der Waals surface area contributed by atoms with Crippen molar-refractivity contribution in [2.45, 2.75) is 20.3 Å². The van der Waals surface area contributed by atoms with E-state index in [1.165, 1.54) is 0 Å². The zero-order chi connectivity index (χ0) is 17.5. The molecule has 0 aliphatic rings. The molecule has 0 bridgehead atoms. The second kappa shape index (κ2) is 8.25. The average molecular weight is 349 g/mol. The molecule has 0 atom stereocenters. The van der Waals surface area contributed by atoms with Gasteiger partial charge in [-0.2, -0.15) is 14.9 Å². The molecule has 1 heterocycles. The molecule has 2 rings (SSSR count). The highest BCUT2D eigenvalue weighted by atomic mass is 32.1. The van der Waals surface area contributed by atoms with E-state index in [0.717, 1.165) is 11.4 Å². The molecule has 0 aliphatic heterocycles. The van der Waals surface area contributed by atoms with Crippen LogP contribution in [0.15, 0.2) is 23.3 Å². The Morgan fingerprint density at radius 3 is 2.88 bits per heavy atom. The number of H-pyrrole nitrogens is 1. The standard InChI is InChI=1S/C15H19N5O3S/c1-3-14-18-19-15(24)20(14)17-8-10-5-6-11(23-9-13(16)21)12(7-10)22-4-2/h5-8H,3-4,9H2,1-2H3,(H2,16,21)(H,19,24)/b17-8-. The summed E-state index contributed by atoms with van der Waals surface area (Å²) in [5, 5.41) is 11.1. The molecule has 1 aromatic carbocycles. The topological polar surface area (TPSA) is 108 Å². The van der Waals surface area contributed by atoms with Crippen molar-refractivity contribution in [2.24, 2.45) is 10.8 Å². The van der Waals surface area contributed by atoms with E-state index >= 15 is 0 Å². The fourth-order valence-corrected chi connectivity index (χ4v) is 2.14. The zero-order valence-corrected chi connectivity index (χ0v) is 14.3. The van der Waals surface area contributed by atoms with Crippen molar-refractivity contribution < 1.29 is 14.3 Å². The number of nitrogens with two attached hydrogens (primary N) is 1. The van der Waals surface area contributed by atoms with Gasteiger partial charge in [0.15, 0.2) is 23.9 Å². The van der Waals surface area contributed by atoms with Crippen LogP contribution >= 0.6 is 12.2 Å². The fraction of sp³-hybridized carbons (Fsp3) is 0.333. The van der Waals surface area contributed by atoms with Crippen LogP contribution < -0.4 is 15.2 Å². The number of carbonyl (C=O) groups excluding carboxylic acids is 1. The first-order valence-electron chi connectivity index (χ1n) is 7.43. The summed E-state index contributed by atoms with van der Waals surface area (Å²) >= 11 is 5.14. The number of ether oxygens (including phenoxy) is 2. The highest BCUT2D eigenvalue weighted by molar-refractivity contribution is 7.71. The van der Waals surface area contributed by atoms with E-state index in [2.05, 4.69) is 15.3 Å². The summed E-state index contributed by atoms with van der Waals surface area (Å²) in [5.41, 5.74) is 5.88. The molecule has 9 heteroatoms. The molecule has 0 radical (unpaired) electrons. The third-order valence-electron chi connectivity index (χ3n) is 2.99. The lowest BCUT2D eigenvalue weighted by Crippen LogP contribution is -2.20. The Kier molecular flexibility index (Phi) is 6.07. The van der Waals surface area contributed by atoms with Crippen molar-refractivity contribution in [3.05, 3.63) is 34.4 Å². The number of benzene rings is 1. The lowest BCUT2D eigenvalue weighted by atomic mass is 10.2. The number of aryl methyl sites for hydroxylation is 1. The lowest BCUT2D eigenvalue weighted by Gasteiger charge is -2.11. The average Bonchev–Trinajstić information content (AvgIpc) is 2.92. The number of carbonyl (C=O) groups is 1. The highest BCUT2D eigenvalue weighted by Crippen LogP contribution is 2.28. The van der Waals surface area contributed by atoms with Crippen LogP contribution in [0, 0.1) is 4.77 Å². The predicted molar refractivity (Wildman–Crippen MR) is 92.1 cm³/mol. The molecule has 1 aromatic heterocycles. The van der Waals surface area contributed by atoms with Gasteiger partial charge in [-0.15, -0.1) is 0 Å². The van der Waals surface area contributed by atoms with E-state index in [0.29, 0.717) is 29.3 Å². The Bertz CT molecular complexity index is 797. The van der Waals surface area contributed by atoms with Crippen molar-refractivity contribution >= 4 is 24.3 Å². The molecule has 0 saturated heterocycles.